The molecule has 10 heteroatoms. The fraction of sp³-hybridized carbons (Fsp3) is 0.469. The van der Waals surface area contributed by atoms with Gasteiger partial charge in [-0.3, -0.25) is 4.79 Å². The largest absolute Gasteiger partial charge is 0.475 e. The van der Waals surface area contributed by atoms with Crippen LogP contribution in [-0.2, 0) is 10.0 Å². The van der Waals surface area contributed by atoms with Crippen LogP contribution in [0.4, 0.5) is 5.95 Å². The van der Waals surface area contributed by atoms with Gasteiger partial charge in [0.15, 0.2) is 0 Å². The van der Waals surface area contributed by atoms with E-state index in [4.69, 9.17) is 4.74 Å². The van der Waals surface area contributed by atoms with Crippen LogP contribution < -0.4 is 9.46 Å². The van der Waals surface area contributed by atoms with Crippen LogP contribution in [-0.4, -0.2) is 58.6 Å². The first-order valence-electron chi connectivity index (χ1n) is 14.6. The second-order valence-electron chi connectivity index (χ2n) is 12.9. The summed E-state index contributed by atoms with van der Waals surface area (Å²) >= 11 is 0. The van der Waals surface area contributed by atoms with Gasteiger partial charge in [0.25, 0.3) is 15.9 Å². The number of hydrogen-bond donors (Lipinski definition) is 2. The number of amides is 1. The Morgan fingerprint density at radius 2 is 1.76 bits per heavy atom. The van der Waals surface area contributed by atoms with Crippen molar-refractivity contribution in [3.05, 3.63) is 65.2 Å². The average molecular weight is 591 g/mol. The number of aliphatic hydroxyl groups is 1. The number of rotatable bonds is 5. The van der Waals surface area contributed by atoms with Crippen molar-refractivity contribution in [2.45, 2.75) is 88.8 Å². The van der Waals surface area contributed by atoms with Crippen molar-refractivity contribution >= 4 is 21.9 Å². The maximum atomic E-state index is 14.2. The number of sulfonamides is 1. The number of fused-ring (bicyclic) bond motifs is 4. The van der Waals surface area contributed by atoms with E-state index in [2.05, 4.69) is 14.7 Å². The van der Waals surface area contributed by atoms with Crippen molar-refractivity contribution in [1.29, 1.82) is 0 Å². The van der Waals surface area contributed by atoms with E-state index < -0.39 is 15.6 Å². The van der Waals surface area contributed by atoms with E-state index in [-0.39, 0.29) is 41.3 Å². The predicted molar refractivity (Wildman–Crippen MR) is 160 cm³/mol. The lowest BCUT2D eigenvalue weighted by atomic mass is 9.75. The fourth-order valence-corrected chi connectivity index (χ4v) is 7.36. The molecule has 0 saturated heterocycles. The molecule has 3 aromatic rings. The van der Waals surface area contributed by atoms with Gasteiger partial charge < -0.3 is 14.7 Å². The number of anilines is 1. The molecule has 2 heterocycles. The summed E-state index contributed by atoms with van der Waals surface area (Å²) in [5.74, 6) is -0.134. The number of nitrogens with one attached hydrogen (secondary N) is 1. The summed E-state index contributed by atoms with van der Waals surface area (Å²) in [7, 11) is -4.12. The highest BCUT2D eigenvalue weighted by atomic mass is 32.2. The van der Waals surface area contributed by atoms with E-state index in [9.17, 15) is 18.3 Å². The van der Waals surface area contributed by atoms with Gasteiger partial charge in [0.2, 0.25) is 11.8 Å². The van der Waals surface area contributed by atoms with E-state index in [0.29, 0.717) is 29.5 Å². The molecule has 1 atom stereocenters. The predicted octanol–water partition coefficient (Wildman–Crippen LogP) is 5.26. The average Bonchev–Trinajstić information content (AvgIpc) is 3.70. The zero-order chi connectivity index (χ0) is 29.9. The van der Waals surface area contributed by atoms with Gasteiger partial charge in [-0.15, -0.1) is 0 Å². The van der Waals surface area contributed by atoms with E-state index in [1.165, 1.54) is 25.0 Å². The van der Waals surface area contributed by atoms with Crippen molar-refractivity contribution in [3.8, 4) is 17.1 Å². The third kappa shape index (κ3) is 5.74. The van der Waals surface area contributed by atoms with Crippen LogP contribution >= 0.6 is 0 Å². The van der Waals surface area contributed by atoms with E-state index in [0.717, 1.165) is 29.5 Å². The molecule has 1 aliphatic heterocycles. The first-order chi connectivity index (χ1) is 19.8. The molecule has 9 nitrogen and oxygen atoms in total. The van der Waals surface area contributed by atoms with Gasteiger partial charge in [-0.05, 0) is 101 Å². The van der Waals surface area contributed by atoms with Crippen molar-refractivity contribution in [1.82, 2.24) is 14.9 Å². The van der Waals surface area contributed by atoms with Crippen LogP contribution in [0.3, 0.4) is 0 Å². The Hall–Kier alpha value is -3.50. The summed E-state index contributed by atoms with van der Waals surface area (Å²) in [5, 5.41) is 10.6. The molecule has 42 heavy (non-hydrogen) atoms. The molecule has 3 aliphatic rings. The highest BCUT2D eigenvalue weighted by Gasteiger charge is 2.56. The number of aryl methyl sites for hydroxylation is 2. The molecule has 1 aromatic heterocycles. The maximum absolute atomic E-state index is 14.2. The molecule has 0 radical (unpaired) electrons. The number of hydrogen-bond acceptors (Lipinski definition) is 7. The molecule has 1 amide bonds. The monoisotopic (exact) mass is 590 g/mol. The number of ether oxygens (including phenoxy) is 1. The third-order valence-corrected chi connectivity index (χ3v) is 10.2. The number of carbonyl (C=O) groups is 1. The molecular weight excluding hydrogens is 552 g/mol. The molecule has 2 aromatic carbocycles. The Labute approximate surface area is 247 Å². The first kappa shape index (κ1) is 28.6. The third-order valence-electron chi connectivity index (χ3n) is 8.89. The fourth-order valence-electron chi connectivity index (χ4n) is 6.37. The number of carbonyl (C=O) groups excluding carboxylic acids is 1. The second kappa shape index (κ2) is 10.3. The van der Waals surface area contributed by atoms with Gasteiger partial charge in [-0.1, -0.05) is 24.3 Å². The maximum Gasteiger partial charge on any atom is 0.264 e. The quantitative estimate of drug-likeness (QED) is 0.416. The molecule has 2 fully saturated rings. The van der Waals surface area contributed by atoms with Crippen molar-refractivity contribution in [3.63, 3.8) is 0 Å². The first-order valence-corrected chi connectivity index (χ1v) is 16.1. The molecule has 2 N–H and O–H groups in total. The van der Waals surface area contributed by atoms with E-state index >= 15 is 0 Å². The SMILES string of the molecule is Cc1cccc(C)c1-c1cc2nc(n1)NS(=O)(=O)c1cccc(c1)C(=O)N(C1CC3(CC3)C1)[C@H](CCC(C)(C)O)CO2. The number of benzene rings is 2. The van der Waals surface area contributed by atoms with Gasteiger partial charge >= 0.3 is 0 Å². The van der Waals surface area contributed by atoms with Crippen molar-refractivity contribution in [2.75, 3.05) is 11.3 Å². The van der Waals surface area contributed by atoms with Crippen LogP contribution in [0.2, 0.25) is 0 Å². The Morgan fingerprint density at radius 1 is 1.07 bits per heavy atom. The van der Waals surface area contributed by atoms with Gasteiger partial charge in [0, 0.05) is 23.2 Å². The summed E-state index contributed by atoms with van der Waals surface area (Å²) in [6, 6.07) is 13.4. The summed E-state index contributed by atoms with van der Waals surface area (Å²) < 4.78 is 35.9. The van der Waals surface area contributed by atoms with Gasteiger partial charge in [-0.2, -0.15) is 4.98 Å². The Kier molecular flexibility index (Phi) is 7.05. The molecule has 1 spiro atoms. The molecule has 6 rings (SSSR count). The van der Waals surface area contributed by atoms with Crippen LogP contribution in [0.15, 0.2) is 53.4 Å². The topological polar surface area (TPSA) is 122 Å². The van der Waals surface area contributed by atoms with Crippen LogP contribution in [0, 0.1) is 19.3 Å². The van der Waals surface area contributed by atoms with Crippen molar-refractivity contribution in [2.24, 2.45) is 5.41 Å². The molecule has 0 unspecified atom stereocenters. The van der Waals surface area contributed by atoms with Crippen LogP contribution in [0.1, 0.15) is 73.9 Å². The van der Waals surface area contributed by atoms with E-state index in [1.54, 1.807) is 32.0 Å². The lowest BCUT2D eigenvalue weighted by molar-refractivity contribution is 0.00145. The highest BCUT2D eigenvalue weighted by Crippen LogP contribution is 2.62. The Balaban J connectivity index is 1.47. The molecular formula is C32H38N4O5S. The minimum Gasteiger partial charge on any atom is -0.475 e. The normalized spacial score (nSPS) is 21.3. The number of nitrogens with zero attached hydrogens (tertiary/aromatic N) is 3. The van der Waals surface area contributed by atoms with Crippen LogP contribution in [0.5, 0.6) is 5.88 Å². The zero-order valence-corrected chi connectivity index (χ0v) is 25.4. The minimum atomic E-state index is -4.12. The lowest BCUT2D eigenvalue weighted by Crippen LogP contribution is -2.55. The van der Waals surface area contributed by atoms with Gasteiger partial charge in [-0.25, -0.2) is 18.1 Å². The summed E-state index contributed by atoms with van der Waals surface area (Å²) in [6.07, 6.45) is 5.18. The van der Waals surface area contributed by atoms with E-state index in [1.807, 2.05) is 36.9 Å². The highest BCUT2D eigenvalue weighted by molar-refractivity contribution is 7.92. The number of aromatic nitrogens is 2. The summed E-state index contributed by atoms with van der Waals surface area (Å²) in [4.78, 5) is 25.1. The lowest BCUT2D eigenvalue weighted by Gasteiger charge is -2.47. The Bertz CT molecular complexity index is 1620. The summed E-state index contributed by atoms with van der Waals surface area (Å²) in [6.45, 7) is 7.61. The molecule has 4 bridgehead atoms. The van der Waals surface area contributed by atoms with Crippen LogP contribution in [0.25, 0.3) is 11.3 Å². The standard InChI is InChI=1S/C32H38N4O5S/c1-20-7-5-8-21(2)28(20)26-16-27-34-30(33-26)35-42(39,40)25-10-6-9-22(15-25)29(37)36(24-17-32(18-24)13-14-32)23(19-41-27)11-12-31(3,4)38/h5-10,15-16,23-24,38H,11-14,17-19H2,1-4H3,(H,33,34,35)/t23-/m1/s1. The molecule has 2 saturated carbocycles. The molecule has 222 valence electrons. The summed E-state index contributed by atoms with van der Waals surface area (Å²) in [5.41, 5.74) is 3.08. The van der Waals surface area contributed by atoms with Gasteiger partial charge in [0.05, 0.1) is 22.2 Å². The van der Waals surface area contributed by atoms with Crippen molar-refractivity contribution < 1.29 is 23.1 Å². The van der Waals surface area contributed by atoms with Gasteiger partial charge in [0.1, 0.15) is 6.61 Å². The molecule has 2 aliphatic carbocycles. The zero-order valence-electron chi connectivity index (χ0n) is 24.6. The smallest absolute Gasteiger partial charge is 0.264 e. The Morgan fingerprint density at radius 3 is 2.43 bits per heavy atom. The minimum absolute atomic E-state index is 0.0186. The second-order valence-corrected chi connectivity index (χ2v) is 14.6.